The Morgan fingerprint density at radius 1 is 0.850 bits per heavy atom. The van der Waals surface area contributed by atoms with E-state index in [0.29, 0.717) is 5.69 Å². The first-order valence-electron chi connectivity index (χ1n) is 13.1. The molecule has 3 aromatic carbocycles. The van der Waals surface area contributed by atoms with Crippen LogP contribution in [0.25, 0.3) is 0 Å². The summed E-state index contributed by atoms with van der Waals surface area (Å²) in [5.74, 6) is -0.161. The van der Waals surface area contributed by atoms with Gasteiger partial charge in [-0.2, -0.15) is 6.67 Å². The molecule has 0 aliphatic carbocycles. The number of nitrogens with zero attached hydrogens (tertiary/aromatic N) is 4. The zero-order chi connectivity index (χ0) is 29.6. The number of aryl methyl sites for hydroxylation is 6. The molecule has 4 rings (SSSR count). The zero-order valence-corrected chi connectivity index (χ0v) is 27.8. The molecule has 3 aromatic rings. The average molecular weight is 668 g/mol. The van der Waals surface area contributed by atoms with Gasteiger partial charge in [-0.1, -0.05) is 35.4 Å². The minimum Gasteiger partial charge on any atom is -0.502 e. The molecule has 1 amide bonds. The topological polar surface area (TPSA) is 39.2 Å². The normalized spacial score (nSPS) is 13.3. The number of hydrogen-bond acceptors (Lipinski definition) is 4. The molecule has 0 saturated carbocycles. The standard InChI is InChI=1S/C21H27N2.C11H12N2O.2ClH.Ru/c1-14-9-16(3)20(17(4)10-14)22-7-8-23(13-22)21-18(5)11-15(2)12-19(21)6;1-9-6-4-5-7-10(9)12-8-11(14)13(2)3;;;/h9-13H,7-8H2,1-6H3;1,4-8H,2-3H3;2*1H;/q-1;;;;+2/p-2. The molecule has 0 radical (unpaired) electrons. The molecule has 0 bridgehead atoms. The number of benzene rings is 3. The average Bonchev–Trinajstić information content (AvgIpc) is 3.31. The van der Waals surface area contributed by atoms with Crippen molar-refractivity contribution >= 4 is 53.2 Å². The number of carbonyl (C=O) groups is 1. The van der Waals surface area contributed by atoms with E-state index in [9.17, 15) is 4.79 Å². The van der Waals surface area contributed by atoms with Gasteiger partial charge in [0.15, 0.2) is 0 Å². The van der Waals surface area contributed by atoms with Crippen molar-refractivity contribution in [3.8, 4) is 0 Å². The zero-order valence-electron chi connectivity index (χ0n) is 24.6. The summed E-state index contributed by atoms with van der Waals surface area (Å²) in [6.07, 6.45) is 1.28. The molecule has 1 aliphatic rings. The molecule has 0 N–H and O–H groups in total. The smallest absolute Gasteiger partial charge is 0.0146 e. The van der Waals surface area contributed by atoms with E-state index < -0.39 is 13.5 Å². The van der Waals surface area contributed by atoms with Crippen LogP contribution in [0.3, 0.4) is 0 Å². The molecule has 1 saturated heterocycles. The third-order valence-electron chi connectivity index (χ3n) is 6.58. The second-order valence-corrected chi connectivity index (χ2v) is 16.1. The number of aliphatic imine (C=N–C) groups is 1. The first-order valence-corrected chi connectivity index (χ1v) is 18.6. The van der Waals surface area contributed by atoms with E-state index in [2.05, 4.69) is 87.3 Å². The summed E-state index contributed by atoms with van der Waals surface area (Å²) in [4.78, 5) is 21.8. The summed E-state index contributed by atoms with van der Waals surface area (Å²) < 4.78 is 1.81. The molecule has 1 aliphatic heterocycles. The second-order valence-electron chi connectivity index (χ2n) is 10.4. The number of anilines is 2. The number of para-hydroxylation sites is 1. The Morgan fingerprint density at radius 3 is 1.73 bits per heavy atom. The van der Waals surface area contributed by atoms with Crippen LogP contribution in [0.1, 0.15) is 38.9 Å². The van der Waals surface area contributed by atoms with Gasteiger partial charge in [-0.3, -0.25) is 0 Å². The van der Waals surface area contributed by atoms with Crippen LogP contribution < -0.4 is 9.80 Å². The molecule has 8 heteroatoms. The summed E-state index contributed by atoms with van der Waals surface area (Å²) in [6.45, 7) is 17.6. The van der Waals surface area contributed by atoms with Gasteiger partial charge < -0.3 is 9.80 Å². The number of rotatable bonds is 5. The molecule has 0 atom stereocenters. The number of amides is 1. The molecule has 216 valence electrons. The van der Waals surface area contributed by atoms with E-state index in [-0.39, 0.29) is 5.91 Å². The third-order valence-corrected chi connectivity index (χ3v) is 8.42. The van der Waals surface area contributed by atoms with Gasteiger partial charge in [-0.25, -0.2) is 0 Å². The fraction of sp³-hybridized carbons (Fsp3) is 0.312. The van der Waals surface area contributed by atoms with Crippen LogP contribution in [0.4, 0.5) is 17.1 Å². The van der Waals surface area contributed by atoms with Crippen molar-refractivity contribution in [2.24, 2.45) is 4.99 Å². The molecule has 5 nitrogen and oxygen atoms in total. The van der Waals surface area contributed by atoms with Crippen LogP contribution in [0.2, 0.25) is 0 Å². The summed E-state index contributed by atoms with van der Waals surface area (Å²) >= 11 is -1.88. The fourth-order valence-corrected chi connectivity index (χ4v) is 6.92. The number of halogens is 2. The van der Waals surface area contributed by atoms with E-state index in [1.54, 1.807) is 18.7 Å². The summed E-state index contributed by atoms with van der Waals surface area (Å²) in [7, 11) is 15.0. The van der Waals surface area contributed by atoms with Gasteiger partial charge in [0.25, 0.3) is 0 Å². The Kier molecular flexibility index (Phi) is 11.5. The van der Waals surface area contributed by atoms with E-state index in [4.69, 9.17) is 19.4 Å². The predicted octanol–water partition coefficient (Wildman–Crippen LogP) is 7.54. The van der Waals surface area contributed by atoms with Crippen LogP contribution in [0.5, 0.6) is 0 Å². The van der Waals surface area contributed by atoms with Crippen molar-refractivity contribution in [3.63, 3.8) is 0 Å². The van der Waals surface area contributed by atoms with Crippen LogP contribution in [-0.4, -0.2) is 48.8 Å². The minimum atomic E-state index is -1.88. The molecule has 0 aromatic heterocycles. The maximum Gasteiger partial charge on any atom is 0.0146 e. The number of carbonyl (C=O) groups excluding carboxylic acids is 1. The largest absolute Gasteiger partial charge is 0.502 e. The monoisotopic (exact) mass is 667 g/mol. The van der Waals surface area contributed by atoms with Crippen molar-refractivity contribution in [3.05, 3.63) is 94.1 Å². The van der Waals surface area contributed by atoms with E-state index in [1.165, 1.54) is 55.9 Å². The predicted molar refractivity (Wildman–Crippen MR) is 170 cm³/mol. The molecule has 1 heterocycles. The van der Waals surface area contributed by atoms with Gasteiger partial charge in [0, 0.05) is 24.5 Å². The second kappa shape index (κ2) is 14.4. The summed E-state index contributed by atoms with van der Waals surface area (Å²) in [6, 6.07) is 16.5. The maximum absolute atomic E-state index is 11.4. The van der Waals surface area contributed by atoms with Crippen LogP contribution in [0.15, 0.2) is 53.5 Å². The van der Waals surface area contributed by atoms with Crippen molar-refractivity contribution in [1.29, 1.82) is 0 Å². The van der Waals surface area contributed by atoms with Crippen LogP contribution >= 0.6 is 19.4 Å². The van der Waals surface area contributed by atoms with E-state index in [0.717, 1.165) is 18.7 Å². The van der Waals surface area contributed by atoms with E-state index in [1.807, 2.05) is 24.3 Å². The summed E-state index contributed by atoms with van der Waals surface area (Å²) in [5, 5.41) is 0. The third kappa shape index (κ3) is 8.49. The van der Waals surface area contributed by atoms with Crippen molar-refractivity contribution < 1.29 is 18.3 Å². The molecule has 1 fully saturated rings. The fourth-order valence-electron chi connectivity index (χ4n) is 5.10. The first-order chi connectivity index (χ1) is 18.9. The summed E-state index contributed by atoms with van der Waals surface area (Å²) in [5.41, 5.74) is 12.4. The first kappa shape index (κ1) is 32.0. The molecule has 40 heavy (non-hydrogen) atoms. The van der Waals surface area contributed by atoms with Crippen molar-refractivity contribution in [2.45, 2.75) is 41.5 Å². The Hall–Kier alpha value is -2.53. The minimum absolute atomic E-state index is 0.161. The molecular weight excluding hydrogens is 628 g/mol. The SMILES string of the molecule is CN(C)C(=O)C=Nc1ccccc1[CH]=[Ru]([Cl])[Cl].Cc1cc(C)c(N2[CH-]N(c3c(C)cc(C)cc3C)CC2)c(C)c1. The van der Waals surface area contributed by atoms with Gasteiger partial charge >= 0.3 is 114 Å². The van der Waals surface area contributed by atoms with Crippen molar-refractivity contribution in [1.82, 2.24) is 4.90 Å². The Balaban J connectivity index is 0.000000232. The Labute approximate surface area is 252 Å². The van der Waals surface area contributed by atoms with Gasteiger partial charge in [0.2, 0.25) is 0 Å². The number of hydrogen-bond donors (Lipinski definition) is 0. The molecule has 0 unspecified atom stereocenters. The quantitative estimate of drug-likeness (QED) is 0.161. The van der Waals surface area contributed by atoms with Crippen molar-refractivity contribution in [2.75, 3.05) is 37.0 Å². The molecular formula is C32H39Cl2N4ORu-. The van der Waals surface area contributed by atoms with Gasteiger partial charge in [0.05, 0.1) is 0 Å². The van der Waals surface area contributed by atoms with Gasteiger partial charge in [-0.05, 0) is 63.8 Å². The Morgan fingerprint density at radius 2 is 1.30 bits per heavy atom. The van der Waals surface area contributed by atoms with Crippen LogP contribution in [0, 0.1) is 48.2 Å². The molecule has 0 spiro atoms. The maximum atomic E-state index is 11.4. The van der Waals surface area contributed by atoms with Gasteiger partial charge in [0.1, 0.15) is 0 Å². The Bertz CT molecular complexity index is 1320. The van der Waals surface area contributed by atoms with Crippen LogP contribution in [-0.2, 0) is 18.3 Å². The van der Waals surface area contributed by atoms with Gasteiger partial charge in [-0.15, -0.1) is 0 Å². The van der Waals surface area contributed by atoms with E-state index >= 15 is 0 Å².